The Bertz CT molecular complexity index is 1070. The van der Waals surface area contributed by atoms with Crippen LogP contribution < -0.4 is 10.1 Å². The van der Waals surface area contributed by atoms with Gasteiger partial charge in [0.05, 0.1) is 24.5 Å². The first-order chi connectivity index (χ1) is 16.1. The second-order valence-corrected chi connectivity index (χ2v) is 10.4. The summed E-state index contributed by atoms with van der Waals surface area (Å²) in [6.07, 6.45) is 6.89. The molecule has 3 fully saturated rings. The van der Waals surface area contributed by atoms with Gasteiger partial charge in [-0.3, -0.25) is 14.5 Å². The molecule has 0 bridgehead atoms. The molecule has 6 rings (SSSR count). The van der Waals surface area contributed by atoms with Crippen molar-refractivity contribution in [3.63, 3.8) is 0 Å². The number of hydrogen-bond acceptors (Lipinski definition) is 5. The Labute approximate surface area is 194 Å². The van der Waals surface area contributed by atoms with E-state index >= 15 is 0 Å². The highest BCUT2D eigenvalue weighted by atomic mass is 16.5. The third-order valence-electron chi connectivity index (χ3n) is 8.57. The molecule has 2 N–H and O–H groups in total. The number of imide groups is 1. The first kappa shape index (κ1) is 21.2. The normalized spacial score (nSPS) is 29.8. The van der Waals surface area contributed by atoms with Crippen LogP contribution >= 0.6 is 0 Å². The van der Waals surface area contributed by atoms with Crippen LogP contribution in [0.5, 0.6) is 5.75 Å². The molecular formula is C26H34N4O3. The van der Waals surface area contributed by atoms with E-state index in [0.29, 0.717) is 6.54 Å². The first-order valence-electron chi connectivity index (χ1n) is 12.6. The van der Waals surface area contributed by atoms with Gasteiger partial charge in [-0.25, -0.2) is 0 Å². The quantitative estimate of drug-likeness (QED) is 0.685. The summed E-state index contributed by atoms with van der Waals surface area (Å²) in [5.74, 6) is 1.01. The lowest BCUT2D eigenvalue weighted by atomic mass is 9.81. The van der Waals surface area contributed by atoms with E-state index in [-0.39, 0.29) is 29.2 Å². The fourth-order valence-corrected chi connectivity index (χ4v) is 6.87. The Morgan fingerprint density at radius 2 is 1.91 bits per heavy atom. The van der Waals surface area contributed by atoms with E-state index in [2.05, 4.69) is 27.3 Å². The predicted octanol–water partition coefficient (Wildman–Crippen LogP) is 2.79. The van der Waals surface area contributed by atoms with Crippen LogP contribution in [0.4, 0.5) is 0 Å². The number of fused-ring (bicyclic) bond motifs is 5. The van der Waals surface area contributed by atoms with Gasteiger partial charge < -0.3 is 19.9 Å². The van der Waals surface area contributed by atoms with Crippen molar-refractivity contribution >= 4 is 22.7 Å². The Kier molecular flexibility index (Phi) is 5.22. The number of rotatable bonds is 5. The number of carbonyl (C=O) groups is 2. The maximum atomic E-state index is 12.8. The third-order valence-corrected chi connectivity index (χ3v) is 8.57. The molecule has 3 unspecified atom stereocenters. The molecule has 176 valence electrons. The Balaban J connectivity index is 1.13. The van der Waals surface area contributed by atoms with Crippen LogP contribution in [0, 0.1) is 11.8 Å². The van der Waals surface area contributed by atoms with E-state index in [1.807, 2.05) is 6.07 Å². The van der Waals surface area contributed by atoms with Crippen LogP contribution in [-0.2, 0) is 21.5 Å². The van der Waals surface area contributed by atoms with Crippen molar-refractivity contribution in [3.05, 3.63) is 29.5 Å². The number of aromatic nitrogens is 1. The number of aromatic amines is 1. The first-order valence-corrected chi connectivity index (χ1v) is 12.6. The van der Waals surface area contributed by atoms with Crippen LogP contribution in [-0.4, -0.2) is 66.4 Å². The zero-order chi connectivity index (χ0) is 22.6. The van der Waals surface area contributed by atoms with Crippen molar-refractivity contribution in [2.45, 2.75) is 50.5 Å². The molecule has 3 aliphatic heterocycles. The highest BCUT2D eigenvalue weighted by Gasteiger charge is 2.48. The zero-order valence-corrected chi connectivity index (χ0v) is 19.5. The average molecular weight is 451 g/mol. The number of benzene rings is 1. The molecule has 2 amide bonds. The van der Waals surface area contributed by atoms with Gasteiger partial charge >= 0.3 is 0 Å². The molecule has 1 aliphatic carbocycles. The minimum absolute atomic E-state index is 0.0354. The second kappa shape index (κ2) is 8.13. The highest BCUT2D eigenvalue weighted by Crippen LogP contribution is 2.41. The molecule has 1 aromatic heterocycles. The molecule has 7 heteroatoms. The number of methoxy groups -OCH3 is 1. The topological polar surface area (TPSA) is 77.7 Å². The fraction of sp³-hybridized carbons (Fsp3) is 0.615. The number of H-pyrrole nitrogens is 1. The van der Waals surface area contributed by atoms with Gasteiger partial charge in [0.25, 0.3) is 0 Å². The minimum atomic E-state index is -0.0476. The highest BCUT2D eigenvalue weighted by molar-refractivity contribution is 6.05. The summed E-state index contributed by atoms with van der Waals surface area (Å²) < 4.78 is 5.46. The van der Waals surface area contributed by atoms with E-state index in [4.69, 9.17) is 4.74 Å². The summed E-state index contributed by atoms with van der Waals surface area (Å²) in [4.78, 5) is 33.3. The Morgan fingerprint density at radius 3 is 2.67 bits per heavy atom. The largest absolute Gasteiger partial charge is 0.497 e. The summed E-state index contributed by atoms with van der Waals surface area (Å²) in [5.41, 5.74) is 3.87. The maximum absolute atomic E-state index is 12.8. The van der Waals surface area contributed by atoms with Crippen LogP contribution in [0.3, 0.4) is 0 Å². The molecule has 33 heavy (non-hydrogen) atoms. The van der Waals surface area contributed by atoms with Crippen LogP contribution in [0.1, 0.15) is 49.8 Å². The monoisotopic (exact) mass is 450 g/mol. The molecule has 4 heterocycles. The lowest BCUT2D eigenvalue weighted by Gasteiger charge is -2.35. The molecule has 1 aromatic carbocycles. The van der Waals surface area contributed by atoms with Crippen molar-refractivity contribution in [2.24, 2.45) is 11.8 Å². The standard InChI is InChI=1S/C26H34N4O3/c1-33-17-7-8-22-21(15-17)18-9-11-27-26(23(18)28-22)10-14-29(16-26)12-4-13-30-24(31)19-5-2-3-6-20(19)25(30)32/h7-8,15,19-20,27-28H,2-6,9-14,16H2,1H3. The second-order valence-electron chi connectivity index (χ2n) is 10.4. The molecule has 4 aliphatic rings. The molecule has 1 spiro atoms. The number of likely N-dealkylation sites (tertiary alicyclic amines) is 2. The third kappa shape index (κ3) is 3.39. The number of nitrogens with zero attached hydrogens (tertiary/aromatic N) is 2. The van der Waals surface area contributed by atoms with Gasteiger partial charge in [-0.15, -0.1) is 0 Å². The van der Waals surface area contributed by atoms with Crippen LogP contribution in [0.15, 0.2) is 18.2 Å². The van der Waals surface area contributed by atoms with E-state index < -0.39 is 0 Å². The zero-order valence-electron chi connectivity index (χ0n) is 19.5. The smallest absolute Gasteiger partial charge is 0.233 e. The fourth-order valence-electron chi connectivity index (χ4n) is 6.87. The van der Waals surface area contributed by atoms with Gasteiger partial charge in [0.15, 0.2) is 0 Å². The molecule has 0 radical (unpaired) electrons. The number of nitrogens with one attached hydrogen (secondary N) is 2. The Morgan fingerprint density at radius 1 is 1.12 bits per heavy atom. The van der Waals surface area contributed by atoms with E-state index in [0.717, 1.165) is 76.9 Å². The predicted molar refractivity (Wildman–Crippen MR) is 126 cm³/mol. The molecule has 7 nitrogen and oxygen atoms in total. The van der Waals surface area contributed by atoms with Crippen molar-refractivity contribution in [3.8, 4) is 5.75 Å². The molecular weight excluding hydrogens is 416 g/mol. The van der Waals surface area contributed by atoms with E-state index in [1.54, 1.807) is 12.0 Å². The van der Waals surface area contributed by atoms with Gasteiger partial charge in [-0.2, -0.15) is 0 Å². The number of hydrogen-bond donors (Lipinski definition) is 2. The van der Waals surface area contributed by atoms with Gasteiger partial charge in [0.1, 0.15) is 5.75 Å². The lowest BCUT2D eigenvalue weighted by Crippen LogP contribution is -2.49. The Hall–Kier alpha value is -2.38. The summed E-state index contributed by atoms with van der Waals surface area (Å²) >= 11 is 0. The summed E-state index contributed by atoms with van der Waals surface area (Å²) in [7, 11) is 1.72. The molecule has 2 aromatic rings. The summed E-state index contributed by atoms with van der Waals surface area (Å²) in [6, 6.07) is 6.29. The molecule has 2 saturated heterocycles. The molecule has 3 atom stereocenters. The van der Waals surface area contributed by atoms with Crippen LogP contribution in [0.2, 0.25) is 0 Å². The number of ether oxygens (including phenoxy) is 1. The van der Waals surface area contributed by atoms with E-state index in [1.165, 1.54) is 22.2 Å². The van der Waals surface area contributed by atoms with Crippen molar-refractivity contribution < 1.29 is 14.3 Å². The van der Waals surface area contributed by atoms with Crippen molar-refractivity contribution in [1.29, 1.82) is 0 Å². The minimum Gasteiger partial charge on any atom is -0.497 e. The summed E-state index contributed by atoms with van der Waals surface area (Å²) in [5, 5.41) is 5.10. The average Bonchev–Trinajstić information content (AvgIpc) is 3.49. The number of amides is 2. The van der Waals surface area contributed by atoms with Gasteiger partial charge in [0.2, 0.25) is 11.8 Å². The molecule has 1 saturated carbocycles. The van der Waals surface area contributed by atoms with Crippen LogP contribution in [0.25, 0.3) is 10.9 Å². The van der Waals surface area contributed by atoms with E-state index in [9.17, 15) is 9.59 Å². The summed E-state index contributed by atoms with van der Waals surface area (Å²) in [6.45, 7) is 4.44. The van der Waals surface area contributed by atoms with Crippen molar-refractivity contribution in [1.82, 2.24) is 20.1 Å². The lowest BCUT2D eigenvalue weighted by molar-refractivity contribution is -0.140. The maximum Gasteiger partial charge on any atom is 0.233 e. The van der Waals surface area contributed by atoms with Gasteiger partial charge in [-0.05, 0) is 62.4 Å². The number of carbonyl (C=O) groups excluding carboxylic acids is 2. The van der Waals surface area contributed by atoms with Crippen molar-refractivity contribution in [2.75, 3.05) is 39.8 Å². The van der Waals surface area contributed by atoms with Gasteiger partial charge in [-0.1, -0.05) is 12.8 Å². The SMILES string of the molecule is COc1ccc2[nH]c3c(c2c1)CCNC31CCN(CCCN2C(=O)C3CCCCC3C2=O)C1. The van der Waals surface area contributed by atoms with Gasteiger partial charge in [0, 0.05) is 42.8 Å².